The summed E-state index contributed by atoms with van der Waals surface area (Å²) in [7, 11) is 4.02. The van der Waals surface area contributed by atoms with Gasteiger partial charge in [-0.1, -0.05) is 12.1 Å². The molecule has 0 amide bonds. The Bertz CT molecular complexity index is 582. The molecule has 0 aliphatic carbocycles. The van der Waals surface area contributed by atoms with Crippen LogP contribution in [0.4, 0.5) is 15.8 Å². The van der Waals surface area contributed by atoms with Crippen LogP contribution in [0.1, 0.15) is 12.5 Å². The smallest absolute Gasteiger partial charge is 0.167 e. The first-order valence-electron chi connectivity index (χ1n) is 7.02. The van der Waals surface area contributed by atoms with Gasteiger partial charge in [-0.25, -0.2) is 4.39 Å². The summed E-state index contributed by atoms with van der Waals surface area (Å²) in [5, 5.41) is 3.21. The Morgan fingerprint density at radius 2 is 1.81 bits per heavy atom. The zero-order valence-electron chi connectivity index (χ0n) is 12.7. The largest absolute Gasteiger partial charge is 0.491 e. The molecule has 21 heavy (non-hydrogen) atoms. The van der Waals surface area contributed by atoms with Crippen LogP contribution >= 0.6 is 0 Å². The normalized spacial score (nSPS) is 10.3. The predicted molar refractivity (Wildman–Crippen MR) is 85.7 cm³/mol. The molecule has 4 heteroatoms. The fraction of sp³-hybridized carbons (Fsp3) is 0.294. The van der Waals surface area contributed by atoms with Gasteiger partial charge in [-0.2, -0.15) is 0 Å². The van der Waals surface area contributed by atoms with E-state index in [-0.39, 0.29) is 5.82 Å². The number of benzene rings is 2. The molecule has 0 atom stereocenters. The SMILES string of the molecule is CCOc1ccc(NCc2ccc(N(C)C)cc2)cc1F. The maximum atomic E-state index is 13.7. The van der Waals surface area contributed by atoms with Crippen LogP contribution in [0.15, 0.2) is 42.5 Å². The Balaban J connectivity index is 1.97. The van der Waals surface area contributed by atoms with E-state index in [0.29, 0.717) is 18.9 Å². The molecule has 0 radical (unpaired) electrons. The quantitative estimate of drug-likeness (QED) is 0.872. The molecular weight excluding hydrogens is 267 g/mol. The fourth-order valence-electron chi connectivity index (χ4n) is 2.00. The van der Waals surface area contributed by atoms with Gasteiger partial charge in [0.15, 0.2) is 11.6 Å². The van der Waals surface area contributed by atoms with E-state index in [1.54, 1.807) is 6.07 Å². The summed E-state index contributed by atoms with van der Waals surface area (Å²) in [6, 6.07) is 13.2. The summed E-state index contributed by atoms with van der Waals surface area (Å²) in [4.78, 5) is 2.05. The van der Waals surface area contributed by atoms with Gasteiger partial charge in [0.25, 0.3) is 0 Å². The summed E-state index contributed by atoms with van der Waals surface area (Å²) in [6.45, 7) is 2.95. The topological polar surface area (TPSA) is 24.5 Å². The van der Waals surface area contributed by atoms with Crippen molar-refractivity contribution < 1.29 is 9.13 Å². The molecule has 3 nitrogen and oxygen atoms in total. The molecule has 1 N–H and O–H groups in total. The molecule has 0 unspecified atom stereocenters. The average molecular weight is 288 g/mol. The molecule has 0 saturated carbocycles. The van der Waals surface area contributed by atoms with E-state index in [1.807, 2.05) is 27.1 Å². The first kappa shape index (κ1) is 15.2. The first-order chi connectivity index (χ1) is 10.1. The van der Waals surface area contributed by atoms with Gasteiger partial charge in [-0.05, 0) is 36.8 Å². The zero-order chi connectivity index (χ0) is 15.2. The van der Waals surface area contributed by atoms with Crippen molar-refractivity contribution in [1.82, 2.24) is 0 Å². The number of halogens is 1. The lowest BCUT2D eigenvalue weighted by Crippen LogP contribution is -2.08. The minimum atomic E-state index is -0.343. The van der Waals surface area contributed by atoms with Crippen molar-refractivity contribution in [2.45, 2.75) is 13.5 Å². The third-order valence-corrected chi connectivity index (χ3v) is 3.18. The van der Waals surface area contributed by atoms with E-state index in [1.165, 1.54) is 6.07 Å². The Hall–Kier alpha value is -2.23. The van der Waals surface area contributed by atoms with Gasteiger partial charge >= 0.3 is 0 Å². The highest BCUT2D eigenvalue weighted by Crippen LogP contribution is 2.21. The highest BCUT2D eigenvalue weighted by Gasteiger charge is 2.04. The summed E-state index contributed by atoms with van der Waals surface area (Å²) < 4.78 is 18.9. The summed E-state index contributed by atoms with van der Waals surface area (Å²) in [6.07, 6.45) is 0. The highest BCUT2D eigenvalue weighted by atomic mass is 19.1. The molecule has 0 aromatic heterocycles. The van der Waals surface area contributed by atoms with Gasteiger partial charge in [-0.3, -0.25) is 0 Å². The highest BCUT2D eigenvalue weighted by molar-refractivity contribution is 5.49. The monoisotopic (exact) mass is 288 g/mol. The molecule has 0 saturated heterocycles. The summed E-state index contributed by atoms with van der Waals surface area (Å²) in [5.74, 6) is -0.0526. The van der Waals surface area contributed by atoms with Crippen LogP contribution in [-0.2, 0) is 6.54 Å². The lowest BCUT2D eigenvalue weighted by Gasteiger charge is -2.13. The van der Waals surface area contributed by atoms with E-state index >= 15 is 0 Å². The van der Waals surface area contributed by atoms with Gasteiger partial charge in [0.2, 0.25) is 0 Å². The molecule has 2 aromatic rings. The van der Waals surface area contributed by atoms with Crippen molar-refractivity contribution >= 4 is 11.4 Å². The second-order valence-corrected chi connectivity index (χ2v) is 4.99. The van der Waals surface area contributed by atoms with E-state index in [4.69, 9.17) is 4.74 Å². The maximum Gasteiger partial charge on any atom is 0.167 e. The second kappa shape index (κ2) is 6.97. The van der Waals surface area contributed by atoms with Crippen LogP contribution in [0.3, 0.4) is 0 Å². The Morgan fingerprint density at radius 3 is 2.38 bits per heavy atom. The van der Waals surface area contributed by atoms with Crippen LogP contribution in [0.25, 0.3) is 0 Å². The molecule has 2 aromatic carbocycles. The number of nitrogens with zero attached hydrogens (tertiary/aromatic N) is 1. The number of ether oxygens (including phenoxy) is 1. The summed E-state index contributed by atoms with van der Waals surface area (Å²) in [5.41, 5.74) is 3.05. The predicted octanol–water partition coefficient (Wildman–Crippen LogP) is 3.90. The van der Waals surface area contributed by atoms with Crippen molar-refractivity contribution in [3.05, 3.63) is 53.8 Å². The molecule has 0 bridgehead atoms. The second-order valence-electron chi connectivity index (χ2n) is 4.99. The number of hydrogen-bond donors (Lipinski definition) is 1. The van der Waals surface area contributed by atoms with Crippen LogP contribution in [0, 0.1) is 5.82 Å². The number of nitrogens with one attached hydrogen (secondary N) is 1. The van der Waals surface area contributed by atoms with Gasteiger partial charge in [0.05, 0.1) is 6.61 Å². The van der Waals surface area contributed by atoms with Crippen molar-refractivity contribution in [3.63, 3.8) is 0 Å². The molecule has 0 fully saturated rings. The van der Waals surface area contributed by atoms with E-state index in [9.17, 15) is 4.39 Å². The molecule has 112 valence electrons. The van der Waals surface area contributed by atoms with E-state index < -0.39 is 0 Å². The van der Waals surface area contributed by atoms with Crippen molar-refractivity contribution in [3.8, 4) is 5.75 Å². The number of rotatable bonds is 6. The van der Waals surface area contributed by atoms with Gasteiger partial charge in [0.1, 0.15) is 0 Å². The molecule has 0 aliphatic heterocycles. The lowest BCUT2D eigenvalue weighted by molar-refractivity contribution is 0.321. The number of anilines is 2. The Kier molecular flexibility index (Phi) is 5.04. The number of hydrogen-bond acceptors (Lipinski definition) is 3. The van der Waals surface area contributed by atoms with Crippen LogP contribution < -0.4 is 15.0 Å². The maximum absolute atomic E-state index is 13.7. The molecule has 2 rings (SSSR count). The van der Waals surface area contributed by atoms with E-state index in [2.05, 4.69) is 34.5 Å². The summed E-state index contributed by atoms with van der Waals surface area (Å²) >= 11 is 0. The average Bonchev–Trinajstić information content (AvgIpc) is 2.48. The van der Waals surface area contributed by atoms with Crippen molar-refractivity contribution in [2.24, 2.45) is 0 Å². The van der Waals surface area contributed by atoms with Gasteiger partial charge in [0, 0.05) is 38.1 Å². The van der Waals surface area contributed by atoms with Crippen LogP contribution in [0.2, 0.25) is 0 Å². The fourth-order valence-corrected chi connectivity index (χ4v) is 2.00. The van der Waals surface area contributed by atoms with Crippen LogP contribution in [-0.4, -0.2) is 20.7 Å². The molecular formula is C17H21FN2O. The van der Waals surface area contributed by atoms with Crippen LogP contribution in [0.5, 0.6) is 5.75 Å². The molecule has 0 aliphatic rings. The zero-order valence-corrected chi connectivity index (χ0v) is 12.7. The minimum absolute atomic E-state index is 0.290. The molecule has 0 spiro atoms. The molecule has 0 heterocycles. The van der Waals surface area contributed by atoms with Crippen molar-refractivity contribution in [1.29, 1.82) is 0 Å². The third-order valence-electron chi connectivity index (χ3n) is 3.18. The Labute approximate surface area is 125 Å². The first-order valence-corrected chi connectivity index (χ1v) is 7.02. The lowest BCUT2D eigenvalue weighted by atomic mass is 10.2. The standard InChI is InChI=1S/C17H21FN2O/c1-4-21-17-10-7-14(11-16(17)18)19-12-13-5-8-15(9-6-13)20(2)3/h5-11,19H,4,12H2,1-3H3. The van der Waals surface area contributed by atoms with Crippen molar-refractivity contribution in [2.75, 3.05) is 30.9 Å². The van der Waals surface area contributed by atoms with Gasteiger partial charge < -0.3 is 15.0 Å². The minimum Gasteiger partial charge on any atom is -0.491 e. The van der Waals surface area contributed by atoms with E-state index in [0.717, 1.165) is 16.9 Å². The van der Waals surface area contributed by atoms with Gasteiger partial charge in [-0.15, -0.1) is 0 Å². The third kappa shape index (κ3) is 4.12. The Morgan fingerprint density at radius 1 is 1.10 bits per heavy atom.